The number of hydrogen-bond donors (Lipinski definition) is 2. The third-order valence-electron chi connectivity index (χ3n) is 0. The van der Waals surface area contributed by atoms with Crippen molar-refractivity contribution in [3.63, 3.8) is 0 Å². The van der Waals surface area contributed by atoms with Gasteiger partial charge in [-0.3, -0.25) is 0 Å². The summed E-state index contributed by atoms with van der Waals surface area (Å²) >= 11 is -1.02. The normalized spacial score (nSPS) is 3.92. The Hall–Kier alpha value is 1.99. The molecule has 0 aromatic heterocycles. The van der Waals surface area contributed by atoms with Gasteiger partial charge < -0.3 is 13.1 Å². The third kappa shape index (κ3) is 506. The van der Waals surface area contributed by atoms with Crippen LogP contribution in [0.1, 0.15) is 2.85 Å². The summed E-state index contributed by atoms with van der Waals surface area (Å²) in [6.07, 6.45) is -1.83. The predicted molar refractivity (Wildman–Crippen MR) is 27.2 cm³/mol. The predicted octanol–water partition coefficient (Wildman–Crippen LogP) is 0.273. The molecule has 0 saturated carbocycles. The first-order valence-electron chi connectivity index (χ1n) is 1.48. The van der Waals surface area contributed by atoms with Crippen LogP contribution in [0.2, 0.25) is 0 Å². The molecule has 7 nitrogen and oxygen atoms in total. The van der Waals surface area contributed by atoms with Gasteiger partial charge in [0, 0.05) is 0 Å². The number of carboxylic acid groups (broad SMARTS) is 2. The molecule has 0 amide bonds. The second kappa shape index (κ2) is 48.3. The summed E-state index contributed by atoms with van der Waals surface area (Å²) in [7, 11) is 4.45. The van der Waals surface area contributed by atoms with Crippen molar-refractivity contribution in [2.24, 2.45) is 0 Å². The van der Waals surface area contributed by atoms with Gasteiger partial charge in [-0.15, -0.1) is 0 Å². The molecule has 2 N–H and O–H groups in total. The van der Waals surface area contributed by atoms with Gasteiger partial charge in [-0.25, -0.2) is 4.79 Å². The molecule has 12 heteroatoms. The number of rotatable bonds is 0. The molecule has 0 unspecified atom stereocenters. The van der Waals surface area contributed by atoms with Crippen LogP contribution in [0, 0.1) is 0 Å². The van der Waals surface area contributed by atoms with E-state index in [2.05, 4.69) is 29.2 Å². The molecule has 0 spiro atoms. The van der Waals surface area contributed by atoms with Crippen LogP contribution in [-0.4, -0.2) is 54.1 Å². The zero-order valence-electron chi connectivity index (χ0n) is 7.70. The van der Waals surface area contributed by atoms with E-state index >= 15 is 0 Å². The zero-order valence-corrected chi connectivity index (χ0v) is 12.9. The molecule has 0 aliphatic rings. The van der Waals surface area contributed by atoms with Crippen molar-refractivity contribution < 1.29 is 86.1 Å². The molecule has 0 radical (unpaired) electrons. The Balaban J connectivity index is -0.0000000109. The van der Waals surface area contributed by atoms with Gasteiger partial charge >= 0.3 is 121 Å². The van der Waals surface area contributed by atoms with Crippen LogP contribution in [-0.2, 0) is 68.2 Å². The standard InChI is InChI=1S/CH2O3.Ag.Ca.ClH.Mn.4O.Ti.2H/c2-1(3)4;;;;;;;;;;;/h(H2,2,3,4);;;1H;;;;;;;;/q;+1;+2;;;;;;;;2*-1/p-1. The maximum atomic E-state index is 8.56. The monoisotopic (exact) mass is 413 g/mol. The fourth-order valence-corrected chi connectivity index (χ4v) is 0. The van der Waals surface area contributed by atoms with E-state index in [4.69, 9.17) is 29.3 Å². The summed E-state index contributed by atoms with van der Waals surface area (Å²) in [5, 5.41) is 13.9. The quantitative estimate of drug-likeness (QED) is 0.545. The molecule has 0 fully saturated rings. The van der Waals surface area contributed by atoms with Crippen LogP contribution < -0.4 is 0 Å². The van der Waals surface area contributed by atoms with Crippen LogP contribution >= 0.6 is 9.19 Å². The Morgan fingerprint density at radius 3 is 1.31 bits per heavy atom. The van der Waals surface area contributed by atoms with Crippen LogP contribution in [0.25, 0.3) is 0 Å². The van der Waals surface area contributed by atoms with E-state index in [0.717, 1.165) is 0 Å². The molecule has 0 rings (SSSR count). The molecular weight excluding hydrogens is 410 g/mol. The average molecular weight is 414 g/mol. The van der Waals surface area contributed by atoms with Crippen molar-refractivity contribution in [3.05, 3.63) is 0 Å². The van der Waals surface area contributed by atoms with Crippen LogP contribution in [0.4, 0.5) is 4.79 Å². The Labute approximate surface area is 137 Å². The maximum absolute atomic E-state index is 8.56. The number of halogens is 1. The minimum atomic E-state index is -2.00. The van der Waals surface area contributed by atoms with Gasteiger partial charge in [0.05, 0.1) is 0 Å². The third-order valence-corrected chi connectivity index (χ3v) is 0. The summed E-state index contributed by atoms with van der Waals surface area (Å²) in [6.45, 7) is 0. The molecule has 0 saturated heterocycles. The van der Waals surface area contributed by atoms with Crippen molar-refractivity contribution in [1.29, 1.82) is 0 Å². The Morgan fingerprint density at radius 1 is 1.31 bits per heavy atom. The molecule has 13 heavy (non-hydrogen) atoms. The van der Waals surface area contributed by atoms with Gasteiger partial charge in [0.1, 0.15) is 0 Å². The second-order valence-corrected chi connectivity index (χ2v) is 0.886. The first-order valence-corrected chi connectivity index (χ1v) is 5.63. The first-order chi connectivity index (χ1) is 5.56. The van der Waals surface area contributed by atoms with Crippen LogP contribution in [0.3, 0.4) is 0 Å². The summed E-state index contributed by atoms with van der Waals surface area (Å²) in [5.41, 5.74) is 0. The SMILES string of the molecule is O=C(O)O.[Ca+2].[Cl][Ag].[H-].[H-].[O]=[Mn]=[O].[O]=[Ti]=[O]. The minimum absolute atomic E-state index is 0. The van der Waals surface area contributed by atoms with E-state index in [1.54, 1.807) is 0 Å². The van der Waals surface area contributed by atoms with Crippen molar-refractivity contribution in [1.82, 2.24) is 0 Å². The van der Waals surface area contributed by atoms with E-state index < -0.39 is 40.1 Å². The molecule has 0 heterocycles. The van der Waals surface area contributed by atoms with Gasteiger partial charge in [0.25, 0.3) is 0 Å². The van der Waals surface area contributed by atoms with Crippen molar-refractivity contribution in [2.45, 2.75) is 0 Å². The zero-order chi connectivity index (χ0) is 11.0. The van der Waals surface area contributed by atoms with E-state index in [1.165, 1.54) is 0 Å². The van der Waals surface area contributed by atoms with Gasteiger partial charge in [-0.05, 0) is 0 Å². The van der Waals surface area contributed by atoms with Gasteiger partial charge in [-0.1, -0.05) is 0 Å². The molecule has 0 aromatic rings. The van der Waals surface area contributed by atoms with Crippen molar-refractivity contribution in [3.8, 4) is 0 Å². The fraction of sp³-hybridized carbons (Fsp3) is 0. The summed E-state index contributed by atoms with van der Waals surface area (Å²) in [6, 6.07) is 0. The number of carbonyl (C=O) groups is 1. The van der Waals surface area contributed by atoms with Crippen molar-refractivity contribution >= 4 is 53.1 Å². The van der Waals surface area contributed by atoms with Gasteiger partial charge in [0.2, 0.25) is 0 Å². The van der Waals surface area contributed by atoms with E-state index in [0.29, 0.717) is 0 Å². The van der Waals surface area contributed by atoms with Gasteiger partial charge in [0.15, 0.2) is 0 Å². The van der Waals surface area contributed by atoms with Gasteiger partial charge in [-0.2, -0.15) is 0 Å². The molecule has 81 valence electrons. The Bertz CT molecular complexity index is 147. The van der Waals surface area contributed by atoms with Crippen LogP contribution in [0.5, 0.6) is 0 Å². The second-order valence-electron chi connectivity index (χ2n) is 0.429. The van der Waals surface area contributed by atoms with E-state index in [1.807, 2.05) is 0 Å². The summed E-state index contributed by atoms with van der Waals surface area (Å²) in [5.74, 6) is 0. The molecule has 0 bridgehead atoms. The molecule has 0 aromatic carbocycles. The van der Waals surface area contributed by atoms with E-state index in [9.17, 15) is 0 Å². The molecule has 0 atom stereocenters. The average Bonchev–Trinajstić information content (AvgIpc) is 1.92. The fourth-order valence-electron chi connectivity index (χ4n) is 0. The Kier molecular flexibility index (Phi) is 109. The molecule has 0 aliphatic heterocycles. The van der Waals surface area contributed by atoms with Crippen LogP contribution in [0.15, 0.2) is 0 Å². The Morgan fingerprint density at radius 2 is 1.31 bits per heavy atom. The number of hydrogen-bond acceptors (Lipinski definition) is 5. The molecule has 0 aliphatic carbocycles. The summed E-state index contributed by atoms with van der Waals surface area (Å²) < 4.78 is 33.8. The first kappa shape index (κ1) is 29.4. The topological polar surface area (TPSA) is 126 Å². The van der Waals surface area contributed by atoms with E-state index in [-0.39, 0.29) is 40.6 Å². The summed E-state index contributed by atoms with van der Waals surface area (Å²) in [4.78, 5) is 8.56. The molecular formula is CH4AgCaClMnO7Ti. The van der Waals surface area contributed by atoms with Crippen molar-refractivity contribution in [2.75, 3.05) is 0 Å².